The number of rotatable bonds is 3. The average molecular weight is 141 g/mol. The third-order valence-corrected chi connectivity index (χ3v) is 2.36. The van der Waals surface area contributed by atoms with E-state index >= 15 is 0 Å². The minimum atomic E-state index is 0.183. The van der Waals surface area contributed by atoms with Gasteiger partial charge in [0.05, 0.1) is 12.2 Å². The molecule has 0 amide bonds. The lowest BCUT2D eigenvalue weighted by Gasteiger charge is -2.39. The Morgan fingerprint density at radius 1 is 1.50 bits per heavy atom. The second kappa shape index (κ2) is 2.21. The van der Waals surface area contributed by atoms with Gasteiger partial charge < -0.3 is 10.1 Å². The van der Waals surface area contributed by atoms with E-state index in [1.54, 1.807) is 0 Å². The third-order valence-electron chi connectivity index (χ3n) is 2.36. The van der Waals surface area contributed by atoms with Gasteiger partial charge in [-0.05, 0) is 25.7 Å². The van der Waals surface area contributed by atoms with Gasteiger partial charge in [0.25, 0.3) is 0 Å². The van der Waals surface area contributed by atoms with E-state index in [2.05, 4.69) is 12.2 Å². The van der Waals surface area contributed by atoms with E-state index in [4.69, 9.17) is 4.74 Å². The van der Waals surface area contributed by atoms with Crippen molar-refractivity contribution in [2.75, 3.05) is 19.7 Å². The van der Waals surface area contributed by atoms with Crippen LogP contribution in [0.1, 0.15) is 19.8 Å². The summed E-state index contributed by atoms with van der Waals surface area (Å²) in [4.78, 5) is 0. The number of hydrogen-bond acceptors (Lipinski definition) is 2. The van der Waals surface area contributed by atoms with E-state index in [-0.39, 0.29) is 5.60 Å². The molecule has 0 aromatic rings. The molecule has 0 atom stereocenters. The van der Waals surface area contributed by atoms with Crippen LogP contribution in [0.3, 0.4) is 0 Å². The first-order valence-corrected chi connectivity index (χ1v) is 4.13. The summed E-state index contributed by atoms with van der Waals surface area (Å²) in [6, 6.07) is 0. The fraction of sp³-hybridized carbons (Fsp3) is 1.00. The summed E-state index contributed by atoms with van der Waals surface area (Å²) >= 11 is 0. The fourth-order valence-corrected chi connectivity index (χ4v) is 1.18. The van der Waals surface area contributed by atoms with Crippen molar-refractivity contribution >= 4 is 0 Å². The molecule has 1 aliphatic heterocycles. The molecule has 0 bridgehead atoms. The number of nitrogens with one attached hydrogen (secondary N) is 1. The van der Waals surface area contributed by atoms with E-state index < -0.39 is 0 Å². The Labute approximate surface area is 61.9 Å². The predicted octanol–water partition coefficient (Wildman–Crippen LogP) is 0.775. The number of hydrogen-bond donors (Lipinski definition) is 1. The van der Waals surface area contributed by atoms with Gasteiger partial charge in [-0.3, -0.25) is 0 Å². The van der Waals surface area contributed by atoms with Gasteiger partial charge >= 0.3 is 0 Å². The molecule has 1 aliphatic carbocycles. The molecule has 10 heavy (non-hydrogen) atoms. The van der Waals surface area contributed by atoms with Crippen molar-refractivity contribution < 1.29 is 4.74 Å². The Balaban J connectivity index is 1.67. The quantitative estimate of drug-likeness (QED) is 0.627. The maximum atomic E-state index is 5.73. The molecule has 1 saturated heterocycles. The van der Waals surface area contributed by atoms with E-state index in [0.29, 0.717) is 0 Å². The molecular weight excluding hydrogens is 126 g/mol. The molecular formula is C8H15NO. The summed E-state index contributed by atoms with van der Waals surface area (Å²) in [5.74, 6) is 0.900. The zero-order valence-electron chi connectivity index (χ0n) is 6.52. The predicted molar refractivity (Wildman–Crippen MR) is 40.0 cm³/mol. The zero-order valence-corrected chi connectivity index (χ0v) is 6.52. The highest BCUT2D eigenvalue weighted by Gasteiger charge is 2.34. The molecule has 0 unspecified atom stereocenters. The van der Waals surface area contributed by atoms with Crippen LogP contribution in [0, 0.1) is 5.92 Å². The van der Waals surface area contributed by atoms with Gasteiger partial charge in [-0.25, -0.2) is 0 Å². The van der Waals surface area contributed by atoms with Crippen LogP contribution < -0.4 is 5.32 Å². The highest BCUT2D eigenvalue weighted by atomic mass is 16.5. The Bertz CT molecular complexity index is 127. The lowest BCUT2D eigenvalue weighted by Crippen LogP contribution is -2.59. The Kier molecular flexibility index (Phi) is 1.46. The zero-order chi connectivity index (χ0) is 7.03. The Hall–Kier alpha value is -0.0800. The lowest BCUT2D eigenvalue weighted by atomic mass is 10.0. The summed E-state index contributed by atoms with van der Waals surface area (Å²) < 4.78 is 5.73. The Morgan fingerprint density at radius 3 is 2.60 bits per heavy atom. The first kappa shape index (κ1) is 6.62. The summed E-state index contributed by atoms with van der Waals surface area (Å²) in [6.45, 7) is 5.27. The van der Waals surface area contributed by atoms with Gasteiger partial charge in [0.2, 0.25) is 0 Å². The molecule has 1 N–H and O–H groups in total. The molecule has 2 rings (SSSR count). The summed E-state index contributed by atoms with van der Waals surface area (Å²) in [7, 11) is 0. The van der Waals surface area contributed by atoms with Crippen molar-refractivity contribution in [2.24, 2.45) is 5.92 Å². The van der Waals surface area contributed by atoms with E-state index in [9.17, 15) is 0 Å². The molecule has 0 aromatic carbocycles. The largest absolute Gasteiger partial charge is 0.372 e. The van der Waals surface area contributed by atoms with Gasteiger partial charge in [0, 0.05) is 13.1 Å². The standard InChI is InChI=1S/C8H15NO/c1-8(5-9-6-8)10-4-7-2-3-7/h7,9H,2-6H2,1H3. The van der Waals surface area contributed by atoms with Crippen LogP contribution in [0.2, 0.25) is 0 Å². The van der Waals surface area contributed by atoms with Gasteiger partial charge in [0.15, 0.2) is 0 Å². The van der Waals surface area contributed by atoms with E-state index in [1.807, 2.05) is 0 Å². The fourth-order valence-electron chi connectivity index (χ4n) is 1.18. The topological polar surface area (TPSA) is 21.3 Å². The highest BCUT2D eigenvalue weighted by Crippen LogP contribution is 2.31. The van der Waals surface area contributed by atoms with Crippen LogP contribution >= 0.6 is 0 Å². The van der Waals surface area contributed by atoms with E-state index in [0.717, 1.165) is 25.6 Å². The van der Waals surface area contributed by atoms with Crippen molar-refractivity contribution in [3.63, 3.8) is 0 Å². The molecule has 0 radical (unpaired) electrons. The van der Waals surface area contributed by atoms with Crippen LogP contribution in [-0.4, -0.2) is 25.3 Å². The molecule has 2 fully saturated rings. The molecule has 0 aromatic heterocycles. The molecule has 0 spiro atoms. The van der Waals surface area contributed by atoms with Gasteiger partial charge in [-0.2, -0.15) is 0 Å². The normalized spacial score (nSPS) is 29.7. The van der Waals surface area contributed by atoms with Crippen LogP contribution in [0.15, 0.2) is 0 Å². The average Bonchev–Trinajstić information content (AvgIpc) is 2.61. The monoisotopic (exact) mass is 141 g/mol. The Morgan fingerprint density at radius 2 is 2.20 bits per heavy atom. The second-order valence-corrected chi connectivity index (χ2v) is 3.81. The van der Waals surface area contributed by atoms with Gasteiger partial charge in [-0.15, -0.1) is 0 Å². The minimum absolute atomic E-state index is 0.183. The molecule has 2 aliphatic rings. The van der Waals surface area contributed by atoms with Crippen molar-refractivity contribution in [1.29, 1.82) is 0 Å². The second-order valence-electron chi connectivity index (χ2n) is 3.81. The van der Waals surface area contributed by atoms with Gasteiger partial charge in [0.1, 0.15) is 0 Å². The first-order valence-electron chi connectivity index (χ1n) is 4.13. The third kappa shape index (κ3) is 1.32. The lowest BCUT2D eigenvalue weighted by molar-refractivity contribution is -0.0708. The van der Waals surface area contributed by atoms with Gasteiger partial charge in [-0.1, -0.05) is 0 Å². The molecule has 1 saturated carbocycles. The SMILES string of the molecule is CC1(OCC2CC2)CNC1. The molecule has 2 heteroatoms. The van der Waals surface area contributed by atoms with Crippen LogP contribution in [-0.2, 0) is 4.74 Å². The molecule has 2 nitrogen and oxygen atoms in total. The molecule has 1 heterocycles. The number of ether oxygens (including phenoxy) is 1. The van der Waals surface area contributed by atoms with Crippen LogP contribution in [0.4, 0.5) is 0 Å². The molecule has 58 valence electrons. The van der Waals surface area contributed by atoms with Crippen molar-refractivity contribution in [3.05, 3.63) is 0 Å². The maximum absolute atomic E-state index is 5.73. The smallest absolute Gasteiger partial charge is 0.0901 e. The summed E-state index contributed by atoms with van der Waals surface area (Å²) in [6.07, 6.45) is 2.78. The van der Waals surface area contributed by atoms with Crippen LogP contribution in [0.5, 0.6) is 0 Å². The van der Waals surface area contributed by atoms with Crippen LogP contribution in [0.25, 0.3) is 0 Å². The highest BCUT2D eigenvalue weighted by molar-refractivity contribution is 4.90. The van der Waals surface area contributed by atoms with E-state index in [1.165, 1.54) is 12.8 Å². The van der Waals surface area contributed by atoms with Crippen molar-refractivity contribution in [3.8, 4) is 0 Å². The van der Waals surface area contributed by atoms with Crippen molar-refractivity contribution in [1.82, 2.24) is 5.32 Å². The van der Waals surface area contributed by atoms with Crippen molar-refractivity contribution in [2.45, 2.75) is 25.4 Å². The minimum Gasteiger partial charge on any atom is -0.372 e. The maximum Gasteiger partial charge on any atom is 0.0901 e. The summed E-state index contributed by atoms with van der Waals surface area (Å²) in [5.41, 5.74) is 0.183. The first-order chi connectivity index (χ1) is 4.79. The summed E-state index contributed by atoms with van der Waals surface area (Å²) in [5, 5.41) is 3.22.